The van der Waals surface area contributed by atoms with Crippen molar-refractivity contribution in [3.05, 3.63) is 35.7 Å². The number of nitrogens with two attached hydrogens (primary N) is 1. The largest absolute Gasteiger partial charge is 0.396 e. The van der Waals surface area contributed by atoms with Crippen LogP contribution in [0.25, 0.3) is 0 Å². The van der Waals surface area contributed by atoms with Gasteiger partial charge in [0.1, 0.15) is 5.83 Å². The van der Waals surface area contributed by atoms with Crippen molar-refractivity contribution in [3.8, 4) is 0 Å². The van der Waals surface area contributed by atoms with Gasteiger partial charge in [-0.25, -0.2) is 4.39 Å². The SMILES string of the molecule is C=C(Cl)/C=C\C=C(/F)C1C[C@H](CCO)N(CC2CC2)C1N. The maximum atomic E-state index is 14.3. The predicted molar refractivity (Wildman–Crippen MR) is 84.3 cm³/mol. The minimum absolute atomic E-state index is 0.114. The summed E-state index contributed by atoms with van der Waals surface area (Å²) in [6.07, 6.45) is 7.99. The third-order valence-corrected chi connectivity index (χ3v) is 4.43. The standard InChI is InChI=1S/C16H24ClFN2O/c1-11(17)3-2-4-15(18)14-9-13(7-8-21)20(16(14)19)10-12-5-6-12/h2-4,12-14,16,21H,1,5-10,19H2/b3-2-,15-4-/t13-,14?,16?/m0/s1. The fraction of sp³-hybridized carbons (Fsp3) is 0.625. The van der Waals surface area contributed by atoms with Crippen LogP contribution in [0, 0.1) is 11.8 Å². The fourth-order valence-corrected chi connectivity index (χ4v) is 3.06. The Morgan fingerprint density at radius 1 is 1.48 bits per heavy atom. The van der Waals surface area contributed by atoms with Gasteiger partial charge in [0.05, 0.1) is 6.17 Å². The van der Waals surface area contributed by atoms with Gasteiger partial charge in [0, 0.05) is 30.1 Å². The van der Waals surface area contributed by atoms with Gasteiger partial charge in [-0.15, -0.1) is 0 Å². The maximum Gasteiger partial charge on any atom is 0.106 e. The van der Waals surface area contributed by atoms with E-state index < -0.39 is 0 Å². The van der Waals surface area contributed by atoms with Crippen LogP contribution in [0.3, 0.4) is 0 Å². The zero-order chi connectivity index (χ0) is 15.4. The van der Waals surface area contributed by atoms with Gasteiger partial charge in [0.15, 0.2) is 0 Å². The van der Waals surface area contributed by atoms with Crippen LogP contribution >= 0.6 is 11.6 Å². The van der Waals surface area contributed by atoms with E-state index in [1.807, 2.05) is 0 Å². The smallest absolute Gasteiger partial charge is 0.106 e. The summed E-state index contributed by atoms with van der Waals surface area (Å²) in [5, 5.41) is 9.56. The number of rotatable bonds is 7. The average Bonchev–Trinajstić information content (AvgIpc) is 3.18. The van der Waals surface area contributed by atoms with Crippen molar-refractivity contribution in [2.75, 3.05) is 13.2 Å². The Hall–Kier alpha value is -0.680. The lowest BCUT2D eigenvalue weighted by Gasteiger charge is -2.28. The number of aliphatic hydroxyl groups excluding tert-OH is 1. The van der Waals surface area contributed by atoms with Crippen LogP contribution in [-0.4, -0.2) is 35.4 Å². The molecular formula is C16H24ClFN2O. The predicted octanol–water partition coefficient (Wildman–Crippen LogP) is 2.92. The van der Waals surface area contributed by atoms with Gasteiger partial charge in [-0.3, -0.25) is 4.90 Å². The van der Waals surface area contributed by atoms with Gasteiger partial charge in [-0.2, -0.15) is 0 Å². The molecule has 0 spiro atoms. The molecule has 2 aliphatic rings. The van der Waals surface area contributed by atoms with Gasteiger partial charge in [-0.1, -0.05) is 24.3 Å². The fourth-order valence-electron chi connectivity index (χ4n) is 2.99. The van der Waals surface area contributed by atoms with E-state index in [4.69, 9.17) is 17.3 Å². The van der Waals surface area contributed by atoms with E-state index in [-0.39, 0.29) is 30.6 Å². The van der Waals surface area contributed by atoms with Crippen LogP contribution in [0.15, 0.2) is 35.7 Å². The lowest BCUT2D eigenvalue weighted by Crippen LogP contribution is -2.45. The molecule has 3 nitrogen and oxygen atoms in total. The lowest BCUT2D eigenvalue weighted by molar-refractivity contribution is 0.149. The van der Waals surface area contributed by atoms with E-state index in [0.717, 1.165) is 6.54 Å². The highest BCUT2D eigenvalue weighted by atomic mass is 35.5. The van der Waals surface area contributed by atoms with Crippen LogP contribution in [0.1, 0.15) is 25.7 Å². The number of halogens is 2. The quantitative estimate of drug-likeness (QED) is 0.710. The molecule has 0 radical (unpaired) electrons. The monoisotopic (exact) mass is 314 g/mol. The van der Waals surface area contributed by atoms with E-state index in [9.17, 15) is 9.50 Å². The summed E-state index contributed by atoms with van der Waals surface area (Å²) in [5.74, 6) is 0.161. The highest BCUT2D eigenvalue weighted by molar-refractivity contribution is 6.30. The molecule has 1 aliphatic carbocycles. The van der Waals surface area contributed by atoms with E-state index in [1.54, 1.807) is 12.2 Å². The molecule has 2 fully saturated rings. The molecule has 1 aliphatic heterocycles. The number of likely N-dealkylation sites (tertiary alicyclic amines) is 1. The molecule has 3 atom stereocenters. The summed E-state index contributed by atoms with van der Waals surface area (Å²) in [4.78, 5) is 2.18. The molecule has 0 aromatic rings. The first-order valence-corrected chi connectivity index (χ1v) is 7.91. The van der Waals surface area contributed by atoms with Crippen LogP contribution in [0.2, 0.25) is 0 Å². The molecule has 2 rings (SSSR count). The third-order valence-electron chi connectivity index (χ3n) is 4.31. The summed E-state index contributed by atoms with van der Waals surface area (Å²) in [5.41, 5.74) is 6.25. The number of aliphatic hydroxyl groups is 1. The van der Waals surface area contributed by atoms with Crippen LogP contribution < -0.4 is 5.73 Å². The molecule has 1 saturated carbocycles. The molecule has 2 unspecified atom stereocenters. The van der Waals surface area contributed by atoms with Crippen molar-refractivity contribution in [3.63, 3.8) is 0 Å². The van der Waals surface area contributed by atoms with Crippen molar-refractivity contribution in [2.45, 2.75) is 37.9 Å². The van der Waals surface area contributed by atoms with E-state index in [1.165, 1.54) is 18.9 Å². The first kappa shape index (κ1) is 16.7. The van der Waals surface area contributed by atoms with Crippen LogP contribution in [-0.2, 0) is 0 Å². The highest BCUT2D eigenvalue weighted by Crippen LogP contribution is 2.38. The van der Waals surface area contributed by atoms with Gasteiger partial charge in [0.25, 0.3) is 0 Å². The van der Waals surface area contributed by atoms with E-state index >= 15 is 0 Å². The summed E-state index contributed by atoms with van der Waals surface area (Å²) in [6, 6.07) is 0.168. The number of hydrogen-bond donors (Lipinski definition) is 2. The Labute approximate surface area is 130 Å². The van der Waals surface area contributed by atoms with Gasteiger partial charge in [-0.05, 0) is 43.8 Å². The molecule has 3 N–H and O–H groups in total. The zero-order valence-corrected chi connectivity index (χ0v) is 13.0. The van der Waals surface area contributed by atoms with Gasteiger partial charge >= 0.3 is 0 Å². The molecule has 1 heterocycles. The minimum atomic E-state index is -0.314. The van der Waals surface area contributed by atoms with Crippen molar-refractivity contribution in [1.29, 1.82) is 0 Å². The topological polar surface area (TPSA) is 49.5 Å². The third kappa shape index (κ3) is 4.65. The summed E-state index contributed by atoms with van der Waals surface area (Å²) >= 11 is 5.61. The lowest BCUT2D eigenvalue weighted by atomic mass is 10.0. The molecule has 118 valence electrons. The molecule has 5 heteroatoms. The Bertz CT molecular complexity index is 434. The van der Waals surface area contributed by atoms with Crippen molar-refractivity contribution >= 4 is 11.6 Å². The molecule has 21 heavy (non-hydrogen) atoms. The Morgan fingerprint density at radius 3 is 2.76 bits per heavy atom. The normalized spacial score (nSPS) is 31.2. The summed E-state index contributed by atoms with van der Waals surface area (Å²) < 4.78 is 14.3. The average molecular weight is 315 g/mol. The molecule has 0 amide bonds. The molecule has 1 saturated heterocycles. The Morgan fingerprint density at radius 2 is 2.19 bits per heavy atom. The second kappa shape index (κ2) is 7.54. The van der Waals surface area contributed by atoms with Gasteiger partial charge in [0.2, 0.25) is 0 Å². The maximum absolute atomic E-state index is 14.3. The highest BCUT2D eigenvalue weighted by Gasteiger charge is 2.42. The Balaban J connectivity index is 2.03. The molecular weight excluding hydrogens is 291 g/mol. The van der Waals surface area contributed by atoms with Crippen LogP contribution in [0.5, 0.6) is 0 Å². The zero-order valence-electron chi connectivity index (χ0n) is 12.2. The first-order valence-electron chi connectivity index (χ1n) is 7.53. The minimum Gasteiger partial charge on any atom is -0.396 e. The molecule has 0 aromatic carbocycles. The second-order valence-corrected chi connectivity index (χ2v) is 6.48. The number of nitrogens with zero attached hydrogens (tertiary/aromatic N) is 1. The second-order valence-electron chi connectivity index (χ2n) is 6.00. The van der Waals surface area contributed by atoms with Crippen LogP contribution in [0.4, 0.5) is 4.39 Å². The summed E-state index contributed by atoms with van der Waals surface area (Å²) in [7, 11) is 0. The summed E-state index contributed by atoms with van der Waals surface area (Å²) in [6.45, 7) is 4.55. The van der Waals surface area contributed by atoms with Crippen molar-refractivity contribution in [2.24, 2.45) is 17.6 Å². The van der Waals surface area contributed by atoms with Crippen molar-refractivity contribution in [1.82, 2.24) is 4.90 Å². The van der Waals surface area contributed by atoms with Crippen molar-refractivity contribution < 1.29 is 9.50 Å². The number of allylic oxidation sites excluding steroid dienone is 4. The molecule has 0 bridgehead atoms. The number of hydrogen-bond acceptors (Lipinski definition) is 3. The van der Waals surface area contributed by atoms with E-state index in [2.05, 4.69) is 11.5 Å². The Kier molecular flexibility index (Phi) is 5.99. The molecule has 0 aromatic heterocycles. The first-order chi connectivity index (χ1) is 10.0. The van der Waals surface area contributed by atoms with Gasteiger partial charge < -0.3 is 10.8 Å². The van der Waals surface area contributed by atoms with E-state index in [0.29, 0.717) is 23.8 Å².